The topological polar surface area (TPSA) is 29.5 Å². The molecule has 0 heterocycles. The van der Waals surface area contributed by atoms with Crippen molar-refractivity contribution >= 4 is 11.6 Å². The van der Waals surface area contributed by atoms with Gasteiger partial charge in [0.15, 0.2) is 11.6 Å². The van der Waals surface area contributed by atoms with E-state index in [0.717, 1.165) is 17.7 Å². The van der Waals surface area contributed by atoms with Gasteiger partial charge in [0, 0.05) is 18.3 Å². The summed E-state index contributed by atoms with van der Waals surface area (Å²) in [6.45, 7) is 2.16. The third-order valence-electron chi connectivity index (χ3n) is 3.35. The van der Waals surface area contributed by atoms with Gasteiger partial charge in [-0.3, -0.25) is 4.79 Å². The van der Waals surface area contributed by atoms with E-state index >= 15 is 0 Å². The van der Waals surface area contributed by atoms with Crippen molar-refractivity contribution in [3.63, 3.8) is 0 Å². The van der Waals surface area contributed by atoms with E-state index < -0.39 is 11.6 Å². The van der Waals surface area contributed by atoms with E-state index in [9.17, 15) is 13.6 Å². The van der Waals surface area contributed by atoms with Crippen molar-refractivity contribution in [2.45, 2.75) is 13.3 Å². The van der Waals surface area contributed by atoms with Crippen LogP contribution >= 0.6 is 0 Å². The summed E-state index contributed by atoms with van der Waals surface area (Å²) < 4.78 is 31.4. The molecule has 0 aromatic heterocycles. The molecule has 0 aliphatic heterocycles. The molecule has 0 fully saturated rings. The molecule has 0 spiro atoms. The van der Waals surface area contributed by atoms with Crippen molar-refractivity contribution < 1.29 is 18.3 Å². The van der Waals surface area contributed by atoms with Gasteiger partial charge in [-0.15, -0.1) is 0 Å². The zero-order valence-electron chi connectivity index (χ0n) is 12.5. The summed E-state index contributed by atoms with van der Waals surface area (Å²) in [4.78, 5) is 13.8. The molecule has 116 valence electrons. The zero-order valence-corrected chi connectivity index (χ0v) is 12.5. The van der Waals surface area contributed by atoms with Crippen molar-refractivity contribution in [2.75, 3.05) is 18.6 Å². The summed E-state index contributed by atoms with van der Waals surface area (Å²) in [5.74, 6) is -1.36. The van der Waals surface area contributed by atoms with E-state index in [1.807, 2.05) is 0 Å². The van der Waals surface area contributed by atoms with Gasteiger partial charge in [-0.25, -0.2) is 8.78 Å². The van der Waals surface area contributed by atoms with E-state index in [-0.39, 0.29) is 12.3 Å². The van der Waals surface area contributed by atoms with E-state index in [2.05, 4.69) is 0 Å². The fraction of sp³-hybridized carbons (Fsp3) is 0.235. The van der Waals surface area contributed by atoms with E-state index in [1.54, 1.807) is 38.3 Å². The first-order chi connectivity index (χ1) is 10.5. The second kappa shape index (κ2) is 7.02. The van der Waals surface area contributed by atoms with Crippen LogP contribution in [0, 0.1) is 11.6 Å². The summed E-state index contributed by atoms with van der Waals surface area (Å²) >= 11 is 0. The third-order valence-corrected chi connectivity index (χ3v) is 3.35. The molecular weight excluding hydrogens is 288 g/mol. The van der Waals surface area contributed by atoms with Gasteiger partial charge in [0.1, 0.15) is 5.75 Å². The van der Waals surface area contributed by atoms with Crippen LogP contribution in [0.3, 0.4) is 0 Å². The number of benzene rings is 2. The third kappa shape index (κ3) is 3.61. The van der Waals surface area contributed by atoms with Crippen molar-refractivity contribution in [1.82, 2.24) is 0 Å². The Morgan fingerprint density at radius 2 is 1.77 bits per heavy atom. The monoisotopic (exact) mass is 305 g/mol. The van der Waals surface area contributed by atoms with Crippen molar-refractivity contribution in [3.05, 3.63) is 59.7 Å². The predicted octanol–water partition coefficient (Wildman–Crippen LogP) is 3.57. The van der Waals surface area contributed by atoms with Crippen LogP contribution in [0.1, 0.15) is 12.5 Å². The first-order valence-electron chi connectivity index (χ1n) is 6.93. The van der Waals surface area contributed by atoms with Crippen LogP contribution in [-0.2, 0) is 11.2 Å². The number of anilines is 1. The van der Waals surface area contributed by atoms with Gasteiger partial charge in [-0.2, -0.15) is 0 Å². The van der Waals surface area contributed by atoms with Gasteiger partial charge < -0.3 is 9.64 Å². The molecule has 0 N–H and O–H groups in total. The van der Waals surface area contributed by atoms with Gasteiger partial charge in [0.25, 0.3) is 0 Å². The molecule has 0 atom stereocenters. The molecule has 2 aromatic rings. The number of halogens is 2. The highest BCUT2D eigenvalue weighted by molar-refractivity contribution is 5.94. The number of methoxy groups -OCH3 is 1. The van der Waals surface area contributed by atoms with Crippen molar-refractivity contribution in [1.29, 1.82) is 0 Å². The number of amides is 1. The molecule has 0 radical (unpaired) electrons. The number of hydrogen-bond donors (Lipinski definition) is 0. The Hall–Kier alpha value is -2.43. The lowest BCUT2D eigenvalue weighted by Crippen LogP contribution is -2.32. The fourth-order valence-corrected chi connectivity index (χ4v) is 2.17. The highest BCUT2D eigenvalue weighted by atomic mass is 19.2. The van der Waals surface area contributed by atoms with E-state index in [0.29, 0.717) is 18.0 Å². The molecular formula is C17H17F2NO2. The molecule has 0 unspecified atom stereocenters. The van der Waals surface area contributed by atoms with E-state index in [1.165, 1.54) is 11.0 Å². The molecule has 5 heteroatoms. The minimum Gasteiger partial charge on any atom is -0.497 e. The first-order valence-corrected chi connectivity index (χ1v) is 6.93. The lowest BCUT2D eigenvalue weighted by atomic mass is 10.1. The van der Waals surface area contributed by atoms with Crippen LogP contribution in [-0.4, -0.2) is 19.6 Å². The normalized spacial score (nSPS) is 10.4. The number of nitrogens with zero attached hydrogens (tertiary/aromatic N) is 1. The maximum Gasteiger partial charge on any atom is 0.231 e. The van der Waals surface area contributed by atoms with Gasteiger partial charge in [0.05, 0.1) is 13.5 Å². The summed E-state index contributed by atoms with van der Waals surface area (Å²) in [5.41, 5.74) is 1.17. The minimum absolute atomic E-state index is 0.177. The predicted molar refractivity (Wildman–Crippen MR) is 81.1 cm³/mol. The number of carbonyl (C=O) groups is 1. The summed E-state index contributed by atoms with van der Waals surface area (Å²) in [6, 6.07) is 10.6. The van der Waals surface area contributed by atoms with Gasteiger partial charge >= 0.3 is 0 Å². The molecule has 2 aromatic carbocycles. The zero-order chi connectivity index (χ0) is 16.1. The molecule has 0 saturated heterocycles. The number of likely N-dealkylation sites (N-methyl/N-ethyl adjacent to an activating group) is 1. The first kappa shape index (κ1) is 15.9. The quantitative estimate of drug-likeness (QED) is 0.845. The summed E-state index contributed by atoms with van der Waals surface area (Å²) in [5, 5.41) is 0. The van der Waals surface area contributed by atoms with E-state index in [4.69, 9.17) is 4.74 Å². The minimum atomic E-state index is -0.965. The van der Waals surface area contributed by atoms with Crippen molar-refractivity contribution in [3.8, 4) is 5.75 Å². The smallest absolute Gasteiger partial charge is 0.231 e. The Morgan fingerprint density at radius 3 is 2.32 bits per heavy atom. The molecule has 3 nitrogen and oxygen atoms in total. The van der Waals surface area contributed by atoms with Gasteiger partial charge in [0.2, 0.25) is 5.91 Å². The number of rotatable bonds is 5. The average molecular weight is 305 g/mol. The van der Waals surface area contributed by atoms with Gasteiger partial charge in [-0.05, 0) is 36.8 Å². The van der Waals surface area contributed by atoms with Crippen molar-refractivity contribution in [2.24, 2.45) is 0 Å². The van der Waals surface area contributed by atoms with Crippen LogP contribution in [0.15, 0.2) is 42.5 Å². The van der Waals surface area contributed by atoms with Crippen LogP contribution in [0.4, 0.5) is 14.5 Å². The number of ether oxygens (including phenoxy) is 1. The number of hydrogen-bond acceptors (Lipinski definition) is 2. The molecule has 2 rings (SSSR count). The van der Waals surface area contributed by atoms with Crippen LogP contribution in [0.5, 0.6) is 5.75 Å². The van der Waals surface area contributed by atoms with Crippen LogP contribution < -0.4 is 9.64 Å². The number of carbonyl (C=O) groups excluding carboxylic acids is 1. The fourth-order valence-electron chi connectivity index (χ4n) is 2.17. The SMILES string of the molecule is CCN(C(=O)Cc1ccc(OC)cc1)c1ccc(F)c(F)c1. The molecule has 22 heavy (non-hydrogen) atoms. The lowest BCUT2D eigenvalue weighted by molar-refractivity contribution is -0.117. The second-order valence-corrected chi connectivity index (χ2v) is 4.76. The molecule has 1 amide bonds. The second-order valence-electron chi connectivity index (χ2n) is 4.76. The maximum absolute atomic E-state index is 13.3. The Kier molecular flexibility index (Phi) is 5.09. The molecule has 0 aliphatic carbocycles. The average Bonchev–Trinajstić information content (AvgIpc) is 2.52. The standard InChI is InChI=1S/C17H17F2NO2/c1-3-20(13-6-9-15(18)16(19)11-13)17(21)10-12-4-7-14(22-2)8-5-12/h4-9,11H,3,10H2,1-2H3. The Morgan fingerprint density at radius 1 is 1.09 bits per heavy atom. The Balaban J connectivity index is 2.15. The van der Waals surface area contributed by atoms with Gasteiger partial charge in [-0.1, -0.05) is 12.1 Å². The highest BCUT2D eigenvalue weighted by Gasteiger charge is 2.16. The largest absolute Gasteiger partial charge is 0.497 e. The Labute approximate surface area is 128 Å². The summed E-state index contributed by atoms with van der Waals surface area (Å²) in [6.07, 6.45) is 0.177. The molecule has 0 aliphatic rings. The van der Waals surface area contributed by atoms with Crippen LogP contribution in [0.25, 0.3) is 0 Å². The Bertz CT molecular complexity index is 656. The molecule has 0 saturated carbocycles. The highest BCUT2D eigenvalue weighted by Crippen LogP contribution is 2.19. The van der Waals surface area contributed by atoms with Crippen LogP contribution in [0.2, 0.25) is 0 Å². The maximum atomic E-state index is 13.3. The summed E-state index contributed by atoms with van der Waals surface area (Å²) in [7, 11) is 1.57. The lowest BCUT2D eigenvalue weighted by Gasteiger charge is -2.21. The molecule has 0 bridgehead atoms.